The first-order valence-corrected chi connectivity index (χ1v) is 4.81. The van der Waals surface area contributed by atoms with Crippen LogP contribution >= 0.6 is 0 Å². The molecule has 0 unspecified atom stereocenters. The van der Waals surface area contributed by atoms with Crippen molar-refractivity contribution in [3.63, 3.8) is 0 Å². The highest BCUT2D eigenvalue weighted by molar-refractivity contribution is 5.25. The molecule has 0 aliphatic heterocycles. The molecule has 15 heavy (non-hydrogen) atoms. The molecule has 1 aromatic carbocycles. The Balaban J connectivity index is 1.81. The molecule has 2 rings (SSSR count). The normalized spacial score (nSPS) is 10.4. The van der Waals surface area contributed by atoms with Crippen LogP contribution in [-0.2, 0) is 13.1 Å². The van der Waals surface area contributed by atoms with Crippen molar-refractivity contribution < 1.29 is 5.11 Å². The van der Waals surface area contributed by atoms with Crippen LogP contribution in [0.15, 0.2) is 36.7 Å². The molecule has 4 nitrogen and oxygen atoms in total. The second kappa shape index (κ2) is 4.61. The first-order chi connectivity index (χ1) is 7.34. The summed E-state index contributed by atoms with van der Waals surface area (Å²) in [5.41, 5.74) is 1.14. The molecule has 2 aromatic rings. The Kier molecular flexibility index (Phi) is 2.99. The van der Waals surface area contributed by atoms with E-state index in [2.05, 4.69) is 15.3 Å². The molecular formula is C11H13N3O. The van der Waals surface area contributed by atoms with Crippen LogP contribution in [0.25, 0.3) is 0 Å². The number of hydrogen-bond donors (Lipinski definition) is 3. The Hall–Kier alpha value is -1.81. The lowest BCUT2D eigenvalue weighted by Crippen LogP contribution is -2.13. The highest BCUT2D eigenvalue weighted by Crippen LogP contribution is 2.09. The van der Waals surface area contributed by atoms with E-state index >= 15 is 0 Å². The molecule has 0 aliphatic carbocycles. The van der Waals surface area contributed by atoms with Crippen molar-refractivity contribution in [1.29, 1.82) is 0 Å². The third kappa shape index (κ3) is 2.82. The van der Waals surface area contributed by atoms with Crippen molar-refractivity contribution in [2.24, 2.45) is 0 Å². The first kappa shape index (κ1) is 9.73. The number of aromatic nitrogens is 2. The topological polar surface area (TPSA) is 60.9 Å². The Morgan fingerprint density at radius 2 is 2.00 bits per heavy atom. The summed E-state index contributed by atoms with van der Waals surface area (Å²) in [7, 11) is 0. The Bertz CT molecular complexity index is 394. The fraction of sp³-hybridized carbons (Fsp3) is 0.182. The summed E-state index contributed by atoms with van der Waals surface area (Å²) in [5.74, 6) is 1.22. The molecule has 0 fully saturated rings. The first-order valence-electron chi connectivity index (χ1n) is 4.81. The van der Waals surface area contributed by atoms with Gasteiger partial charge in [-0.2, -0.15) is 0 Å². The van der Waals surface area contributed by atoms with Crippen LogP contribution in [0.5, 0.6) is 5.75 Å². The van der Waals surface area contributed by atoms with E-state index in [1.54, 1.807) is 24.5 Å². The molecule has 0 atom stereocenters. The molecule has 78 valence electrons. The zero-order chi connectivity index (χ0) is 10.5. The van der Waals surface area contributed by atoms with Crippen molar-refractivity contribution in [2.45, 2.75) is 13.1 Å². The van der Waals surface area contributed by atoms with E-state index in [4.69, 9.17) is 5.11 Å². The van der Waals surface area contributed by atoms with Gasteiger partial charge in [-0.25, -0.2) is 4.98 Å². The predicted molar refractivity (Wildman–Crippen MR) is 57.2 cm³/mol. The number of imidazole rings is 1. The van der Waals surface area contributed by atoms with Crippen molar-refractivity contribution in [3.8, 4) is 5.75 Å². The van der Waals surface area contributed by atoms with E-state index in [1.165, 1.54) is 0 Å². The van der Waals surface area contributed by atoms with E-state index in [0.29, 0.717) is 12.3 Å². The van der Waals surface area contributed by atoms with Crippen LogP contribution in [0.3, 0.4) is 0 Å². The lowest BCUT2D eigenvalue weighted by Gasteiger charge is -2.02. The molecule has 0 amide bonds. The van der Waals surface area contributed by atoms with Crippen LogP contribution in [0.1, 0.15) is 11.4 Å². The number of aromatic amines is 1. The van der Waals surface area contributed by atoms with Crippen LogP contribution in [0, 0.1) is 0 Å². The summed E-state index contributed by atoms with van der Waals surface area (Å²) in [5, 5.41) is 12.3. The molecule has 0 saturated heterocycles. The number of nitrogens with zero attached hydrogens (tertiary/aromatic N) is 1. The van der Waals surface area contributed by atoms with Gasteiger partial charge in [-0.3, -0.25) is 0 Å². The average Bonchev–Trinajstić information content (AvgIpc) is 2.74. The second-order valence-corrected chi connectivity index (χ2v) is 3.31. The molecule has 0 bridgehead atoms. The quantitative estimate of drug-likeness (QED) is 0.704. The van der Waals surface area contributed by atoms with Gasteiger partial charge in [0.15, 0.2) is 0 Å². The number of phenolic OH excluding ortho intramolecular Hbond substituents is 1. The Morgan fingerprint density at radius 3 is 2.67 bits per heavy atom. The third-order valence-corrected chi connectivity index (χ3v) is 2.11. The summed E-state index contributed by atoms with van der Waals surface area (Å²) in [6.07, 6.45) is 3.54. The summed E-state index contributed by atoms with van der Waals surface area (Å²) in [6, 6.07) is 7.16. The molecular weight excluding hydrogens is 190 g/mol. The van der Waals surface area contributed by atoms with Gasteiger partial charge >= 0.3 is 0 Å². The zero-order valence-electron chi connectivity index (χ0n) is 8.27. The summed E-state index contributed by atoms with van der Waals surface area (Å²) in [6.45, 7) is 1.48. The fourth-order valence-electron chi connectivity index (χ4n) is 1.33. The van der Waals surface area contributed by atoms with Crippen LogP contribution in [-0.4, -0.2) is 15.1 Å². The van der Waals surface area contributed by atoms with Crippen LogP contribution in [0.2, 0.25) is 0 Å². The minimum absolute atomic E-state index is 0.296. The highest BCUT2D eigenvalue weighted by Gasteiger charge is 1.95. The van der Waals surface area contributed by atoms with Crippen molar-refractivity contribution in [3.05, 3.63) is 48.0 Å². The van der Waals surface area contributed by atoms with E-state index in [-0.39, 0.29) is 0 Å². The SMILES string of the molecule is Oc1ccc(CNCc2ncc[nH]2)cc1. The van der Waals surface area contributed by atoms with Gasteiger partial charge in [0.25, 0.3) is 0 Å². The van der Waals surface area contributed by atoms with E-state index in [9.17, 15) is 0 Å². The number of phenols is 1. The van der Waals surface area contributed by atoms with Gasteiger partial charge in [0.2, 0.25) is 0 Å². The lowest BCUT2D eigenvalue weighted by molar-refractivity contribution is 0.475. The van der Waals surface area contributed by atoms with Gasteiger partial charge in [-0.15, -0.1) is 0 Å². The van der Waals surface area contributed by atoms with Gasteiger partial charge in [0.1, 0.15) is 11.6 Å². The fourth-order valence-corrected chi connectivity index (χ4v) is 1.33. The van der Waals surface area contributed by atoms with Crippen LogP contribution in [0.4, 0.5) is 0 Å². The molecule has 3 N–H and O–H groups in total. The minimum atomic E-state index is 0.296. The number of hydrogen-bond acceptors (Lipinski definition) is 3. The summed E-state index contributed by atoms with van der Waals surface area (Å²) in [4.78, 5) is 7.12. The maximum Gasteiger partial charge on any atom is 0.120 e. The smallest absolute Gasteiger partial charge is 0.120 e. The molecule has 0 spiro atoms. The average molecular weight is 203 g/mol. The van der Waals surface area contributed by atoms with Crippen molar-refractivity contribution in [2.75, 3.05) is 0 Å². The number of nitrogens with one attached hydrogen (secondary N) is 2. The summed E-state index contributed by atoms with van der Waals surface area (Å²) < 4.78 is 0. The Labute approximate surface area is 88.0 Å². The largest absolute Gasteiger partial charge is 0.508 e. The van der Waals surface area contributed by atoms with Gasteiger partial charge in [0, 0.05) is 18.9 Å². The number of benzene rings is 1. The predicted octanol–water partition coefficient (Wildman–Crippen LogP) is 1.41. The molecule has 1 aromatic heterocycles. The third-order valence-electron chi connectivity index (χ3n) is 2.11. The number of rotatable bonds is 4. The molecule has 1 heterocycles. The number of aromatic hydroxyl groups is 1. The maximum atomic E-state index is 9.10. The highest BCUT2D eigenvalue weighted by atomic mass is 16.3. The van der Waals surface area contributed by atoms with E-state index in [0.717, 1.165) is 17.9 Å². The summed E-state index contributed by atoms with van der Waals surface area (Å²) >= 11 is 0. The zero-order valence-corrected chi connectivity index (χ0v) is 8.27. The van der Waals surface area contributed by atoms with Gasteiger partial charge < -0.3 is 15.4 Å². The maximum absolute atomic E-state index is 9.10. The van der Waals surface area contributed by atoms with Gasteiger partial charge in [-0.1, -0.05) is 12.1 Å². The van der Waals surface area contributed by atoms with Gasteiger partial charge in [0.05, 0.1) is 6.54 Å². The lowest BCUT2D eigenvalue weighted by atomic mass is 10.2. The minimum Gasteiger partial charge on any atom is -0.508 e. The Morgan fingerprint density at radius 1 is 1.20 bits per heavy atom. The molecule has 0 aliphatic rings. The van der Waals surface area contributed by atoms with Crippen LogP contribution < -0.4 is 5.32 Å². The molecule has 0 saturated carbocycles. The van der Waals surface area contributed by atoms with Crippen molar-refractivity contribution in [1.82, 2.24) is 15.3 Å². The van der Waals surface area contributed by atoms with E-state index < -0.39 is 0 Å². The molecule has 4 heteroatoms. The monoisotopic (exact) mass is 203 g/mol. The second-order valence-electron chi connectivity index (χ2n) is 3.31. The number of H-pyrrole nitrogens is 1. The standard InChI is InChI=1S/C11H13N3O/c15-10-3-1-9(2-4-10)7-12-8-11-13-5-6-14-11/h1-6,12,15H,7-8H2,(H,13,14). The van der Waals surface area contributed by atoms with Gasteiger partial charge in [-0.05, 0) is 17.7 Å². The van der Waals surface area contributed by atoms with E-state index in [1.807, 2.05) is 12.1 Å². The molecule has 0 radical (unpaired) electrons. The van der Waals surface area contributed by atoms with Crippen molar-refractivity contribution >= 4 is 0 Å².